The molecule has 0 amide bonds. The van der Waals surface area contributed by atoms with Crippen LogP contribution >= 0.6 is 11.6 Å². The molecule has 1 N–H and O–H groups in total. The lowest BCUT2D eigenvalue weighted by Gasteiger charge is -2.35. The van der Waals surface area contributed by atoms with E-state index in [-0.39, 0.29) is 0 Å². The van der Waals surface area contributed by atoms with E-state index < -0.39 is 5.79 Å². The first-order valence-corrected chi connectivity index (χ1v) is 9.37. The molecule has 0 aromatic carbocycles. The molecule has 1 aliphatic rings. The normalized spacial score (nSPS) is 18.4. The molecular weight excluding hydrogens is 318 g/mol. The van der Waals surface area contributed by atoms with Crippen LogP contribution in [0.15, 0.2) is 0 Å². The fourth-order valence-corrected chi connectivity index (χ4v) is 2.49. The van der Waals surface area contributed by atoms with Gasteiger partial charge in [-0.25, -0.2) is 0 Å². The molecule has 0 aromatic rings. The van der Waals surface area contributed by atoms with Crippen molar-refractivity contribution in [3.05, 3.63) is 0 Å². The van der Waals surface area contributed by atoms with Gasteiger partial charge in [-0.2, -0.15) is 0 Å². The predicted molar refractivity (Wildman–Crippen MR) is 93.2 cm³/mol. The van der Waals surface area contributed by atoms with Crippen LogP contribution in [-0.2, 0) is 18.9 Å². The number of halogens is 1. The third-order valence-electron chi connectivity index (χ3n) is 3.78. The first-order chi connectivity index (χ1) is 11.1. The van der Waals surface area contributed by atoms with E-state index in [4.69, 9.17) is 30.5 Å². The molecule has 1 aliphatic heterocycles. The number of nitrogens with one attached hydrogen (secondary N) is 1. The van der Waals surface area contributed by atoms with Crippen molar-refractivity contribution >= 4 is 11.6 Å². The highest BCUT2D eigenvalue weighted by Gasteiger charge is 2.27. The highest BCUT2D eigenvalue weighted by Crippen LogP contribution is 2.23. The average Bonchev–Trinajstić information content (AvgIpc) is 2.53. The van der Waals surface area contributed by atoms with Crippen molar-refractivity contribution in [1.82, 2.24) is 5.32 Å². The Balaban J connectivity index is 1.75. The minimum Gasteiger partial charge on any atom is -0.379 e. The van der Waals surface area contributed by atoms with Gasteiger partial charge in [0.1, 0.15) is 0 Å². The monoisotopic (exact) mass is 351 g/mol. The van der Waals surface area contributed by atoms with Gasteiger partial charge in [0.25, 0.3) is 0 Å². The van der Waals surface area contributed by atoms with E-state index in [1.165, 1.54) is 19.3 Å². The molecule has 0 radical (unpaired) electrons. The van der Waals surface area contributed by atoms with Crippen molar-refractivity contribution in [2.24, 2.45) is 5.92 Å². The summed E-state index contributed by atoms with van der Waals surface area (Å²) in [5, 5.41) is 3.46. The lowest BCUT2D eigenvalue weighted by Crippen LogP contribution is -2.39. The summed E-state index contributed by atoms with van der Waals surface area (Å²) in [6, 6.07) is 0. The van der Waals surface area contributed by atoms with Gasteiger partial charge in [-0.05, 0) is 46.2 Å². The fourth-order valence-electron chi connectivity index (χ4n) is 2.38. The van der Waals surface area contributed by atoms with Crippen LogP contribution in [0.25, 0.3) is 0 Å². The van der Waals surface area contributed by atoms with Crippen molar-refractivity contribution in [1.29, 1.82) is 0 Å². The van der Waals surface area contributed by atoms with E-state index in [0.717, 1.165) is 39.3 Å². The van der Waals surface area contributed by atoms with E-state index in [9.17, 15) is 0 Å². The van der Waals surface area contributed by atoms with Crippen LogP contribution in [0.3, 0.4) is 0 Å². The van der Waals surface area contributed by atoms with Crippen molar-refractivity contribution in [2.45, 2.75) is 45.3 Å². The van der Waals surface area contributed by atoms with Gasteiger partial charge < -0.3 is 24.3 Å². The van der Waals surface area contributed by atoms with Gasteiger partial charge in [0.05, 0.1) is 33.0 Å². The maximum Gasteiger partial charge on any atom is 0.162 e. The van der Waals surface area contributed by atoms with Crippen molar-refractivity contribution in [3.63, 3.8) is 0 Å². The third kappa shape index (κ3) is 12.1. The first kappa shape index (κ1) is 21.1. The largest absolute Gasteiger partial charge is 0.379 e. The fraction of sp³-hybridized carbons (Fsp3) is 1.00. The SMILES string of the molecule is CC1(C)OCC(CCCCNCCCOCCOCCCl)CO1. The second-order valence-electron chi connectivity index (χ2n) is 6.40. The molecule has 1 rings (SSSR count). The summed E-state index contributed by atoms with van der Waals surface area (Å²) >= 11 is 5.50. The molecule has 5 nitrogen and oxygen atoms in total. The Kier molecular flexibility index (Phi) is 12.3. The Morgan fingerprint density at radius 1 is 0.957 bits per heavy atom. The molecular formula is C17H34ClNO4. The number of hydrogen-bond donors (Lipinski definition) is 1. The van der Waals surface area contributed by atoms with Gasteiger partial charge in [-0.15, -0.1) is 11.6 Å². The van der Waals surface area contributed by atoms with Gasteiger partial charge in [-0.1, -0.05) is 6.42 Å². The Morgan fingerprint density at radius 2 is 1.61 bits per heavy atom. The summed E-state index contributed by atoms with van der Waals surface area (Å²) in [6.07, 6.45) is 4.64. The van der Waals surface area contributed by atoms with E-state index in [1.54, 1.807) is 0 Å². The molecule has 0 bridgehead atoms. The predicted octanol–water partition coefficient (Wildman–Crippen LogP) is 2.81. The summed E-state index contributed by atoms with van der Waals surface area (Å²) in [6.45, 7) is 10.3. The zero-order chi connectivity index (χ0) is 16.8. The van der Waals surface area contributed by atoms with Crippen molar-refractivity contribution < 1.29 is 18.9 Å². The van der Waals surface area contributed by atoms with Gasteiger partial charge in [-0.3, -0.25) is 0 Å². The van der Waals surface area contributed by atoms with Gasteiger partial charge >= 0.3 is 0 Å². The topological polar surface area (TPSA) is 49.0 Å². The highest BCUT2D eigenvalue weighted by molar-refractivity contribution is 6.17. The molecule has 1 heterocycles. The molecule has 6 heteroatoms. The van der Waals surface area contributed by atoms with Gasteiger partial charge in [0, 0.05) is 18.4 Å². The van der Waals surface area contributed by atoms with Crippen LogP contribution in [0, 0.1) is 5.92 Å². The van der Waals surface area contributed by atoms with Crippen molar-refractivity contribution in [2.75, 3.05) is 58.6 Å². The summed E-state index contributed by atoms with van der Waals surface area (Å²) in [5.74, 6) is 0.705. The summed E-state index contributed by atoms with van der Waals surface area (Å²) < 4.78 is 22.0. The summed E-state index contributed by atoms with van der Waals surface area (Å²) in [5.41, 5.74) is 0. The number of rotatable bonds is 14. The Morgan fingerprint density at radius 3 is 2.30 bits per heavy atom. The van der Waals surface area contributed by atoms with E-state index in [0.29, 0.717) is 31.6 Å². The summed E-state index contributed by atoms with van der Waals surface area (Å²) in [7, 11) is 0. The smallest absolute Gasteiger partial charge is 0.162 e. The first-order valence-electron chi connectivity index (χ1n) is 8.84. The molecule has 0 atom stereocenters. The van der Waals surface area contributed by atoms with E-state index in [1.807, 2.05) is 13.8 Å². The number of ether oxygens (including phenoxy) is 4. The second kappa shape index (κ2) is 13.4. The maximum atomic E-state index is 5.67. The molecule has 23 heavy (non-hydrogen) atoms. The quantitative estimate of drug-likeness (QED) is 0.385. The number of unbranched alkanes of at least 4 members (excludes halogenated alkanes) is 1. The minimum atomic E-state index is -0.393. The standard InChI is InChI=1S/C17H34ClNO4/c1-17(2)22-14-16(15-23-17)6-3-4-8-19-9-5-10-20-12-13-21-11-7-18/h16,19H,3-15H2,1-2H3. The average molecular weight is 352 g/mol. The minimum absolute atomic E-state index is 0.393. The van der Waals surface area contributed by atoms with Crippen LogP contribution in [0.4, 0.5) is 0 Å². The lowest BCUT2D eigenvalue weighted by molar-refractivity contribution is -0.262. The maximum absolute atomic E-state index is 5.67. The lowest BCUT2D eigenvalue weighted by atomic mass is 10.0. The Bertz CT molecular complexity index is 269. The molecule has 0 aromatic heterocycles. The molecule has 1 fully saturated rings. The third-order valence-corrected chi connectivity index (χ3v) is 3.94. The molecule has 0 unspecified atom stereocenters. The van der Waals surface area contributed by atoms with E-state index in [2.05, 4.69) is 5.32 Å². The summed E-state index contributed by atoms with van der Waals surface area (Å²) in [4.78, 5) is 0. The number of hydrogen-bond acceptors (Lipinski definition) is 5. The molecule has 1 saturated heterocycles. The van der Waals surface area contributed by atoms with Crippen molar-refractivity contribution in [3.8, 4) is 0 Å². The van der Waals surface area contributed by atoms with Crippen LogP contribution in [0.2, 0.25) is 0 Å². The van der Waals surface area contributed by atoms with Gasteiger partial charge in [0.15, 0.2) is 5.79 Å². The molecule has 0 aliphatic carbocycles. The zero-order valence-electron chi connectivity index (χ0n) is 14.8. The van der Waals surface area contributed by atoms with Crippen LogP contribution < -0.4 is 5.32 Å². The Labute approximate surface area is 146 Å². The molecule has 0 spiro atoms. The number of alkyl halides is 1. The zero-order valence-corrected chi connectivity index (χ0v) is 15.5. The second-order valence-corrected chi connectivity index (χ2v) is 6.78. The highest BCUT2D eigenvalue weighted by atomic mass is 35.5. The van der Waals surface area contributed by atoms with E-state index >= 15 is 0 Å². The van der Waals surface area contributed by atoms with Crippen LogP contribution in [0.1, 0.15) is 39.5 Å². The molecule has 138 valence electrons. The van der Waals surface area contributed by atoms with Gasteiger partial charge in [0.2, 0.25) is 0 Å². The Hall–Kier alpha value is 0.0900. The van der Waals surface area contributed by atoms with Crippen LogP contribution in [-0.4, -0.2) is 64.4 Å². The van der Waals surface area contributed by atoms with Crippen LogP contribution in [0.5, 0.6) is 0 Å². The molecule has 0 saturated carbocycles.